The zero-order valence-electron chi connectivity index (χ0n) is 19.5. The van der Waals surface area contributed by atoms with Gasteiger partial charge >= 0.3 is 5.76 Å². The first-order valence-electron chi connectivity index (χ1n) is 11.8. The molecule has 1 aromatic heterocycles. The topological polar surface area (TPSA) is 105 Å². The minimum atomic E-state index is -3.60. The molecule has 0 atom stereocenters. The molecule has 9 nitrogen and oxygen atoms in total. The number of hydrogen-bond acceptors (Lipinski definition) is 6. The van der Waals surface area contributed by atoms with E-state index in [-0.39, 0.29) is 34.9 Å². The summed E-state index contributed by atoms with van der Waals surface area (Å²) in [4.78, 5) is 27.3. The highest BCUT2D eigenvalue weighted by molar-refractivity contribution is 7.89. The van der Waals surface area contributed by atoms with Crippen molar-refractivity contribution in [2.24, 2.45) is 0 Å². The van der Waals surface area contributed by atoms with Crippen LogP contribution in [0, 0.1) is 0 Å². The quantitative estimate of drug-likeness (QED) is 0.623. The third-order valence-corrected chi connectivity index (χ3v) is 9.15. The summed E-state index contributed by atoms with van der Waals surface area (Å²) in [6.07, 6.45) is 7.55. The van der Waals surface area contributed by atoms with Crippen LogP contribution in [-0.2, 0) is 21.4 Å². The number of carbonyl (C=O) groups excluding carboxylic acids is 1. The van der Waals surface area contributed by atoms with Crippen LogP contribution in [0.1, 0.15) is 51.4 Å². The van der Waals surface area contributed by atoms with Crippen LogP contribution in [0.15, 0.2) is 32.3 Å². The Morgan fingerprint density at radius 2 is 1.82 bits per heavy atom. The van der Waals surface area contributed by atoms with Gasteiger partial charge in [0.2, 0.25) is 15.9 Å². The molecule has 1 saturated carbocycles. The van der Waals surface area contributed by atoms with Crippen LogP contribution < -0.4 is 11.1 Å². The molecule has 0 spiro atoms. The number of amides is 1. The molecule has 1 aromatic carbocycles. The Morgan fingerprint density at radius 3 is 2.48 bits per heavy atom. The zero-order valence-corrected chi connectivity index (χ0v) is 20.3. The molecular formula is C23H34N4O5S. The molecule has 0 bridgehead atoms. The summed E-state index contributed by atoms with van der Waals surface area (Å²) in [7, 11) is 0.528. The van der Waals surface area contributed by atoms with Gasteiger partial charge in [0.15, 0.2) is 5.58 Å². The van der Waals surface area contributed by atoms with E-state index in [2.05, 4.69) is 24.3 Å². The molecule has 10 heteroatoms. The Hall–Kier alpha value is -2.17. The van der Waals surface area contributed by atoms with Crippen molar-refractivity contribution < 1.29 is 17.6 Å². The molecule has 1 aliphatic carbocycles. The Kier molecular flexibility index (Phi) is 6.97. The summed E-state index contributed by atoms with van der Waals surface area (Å²) >= 11 is 0. The number of carbonyl (C=O) groups is 1. The number of rotatable bonds is 8. The number of nitrogens with zero attached hydrogens (tertiary/aromatic N) is 3. The van der Waals surface area contributed by atoms with E-state index >= 15 is 0 Å². The number of fused-ring (bicyclic) bond motifs is 1. The van der Waals surface area contributed by atoms with Gasteiger partial charge in [-0.3, -0.25) is 9.36 Å². The minimum absolute atomic E-state index is 0.00961. The SMILES string of the molecule is CN(C)C1(CNC(=O)CCn2c(=O)oc3cc(S(=O)(=O)N4CCCC4)ccc32)CCCCC1. The van der Waals surface area contributed by atoms with Gasteiger partial charge in [-0.1, -0.05) is 19.3 Å². The fourth-order valence-corrected chi connectivity index (χ4v) is 6.59. The summed E-state index contributed by atoms with van der Waals surface area (Å²) in [6, 6.07) is 4.50. The first kappa shape index (κ1) is 24.0. The van der Waals surface area contributed by atoms with Crippen LogP contribution >= 0.6 is 0 Å². The van der Waals surface area contributed by atoms with Gasteiger partial charge in [-0.2, -0.15) is 4.31 Å². The van der Waals surface area contributed by atoms with Crippen molar-refractivity contribution in [3.63, 3.8) is 0 Å². The van der Waals surface area contributed by atoms with Crippen LogP contribution in [-0.4, -0.2) is 67.4 Å². The summed E-state index contributed by atoms with van der Waals surface area (Å²) in [5, 5.41) is 3.05. The molecule has 1 N–H and O–H groups in total. The van der Waals surface area contributed by atoms with Crippen LogP contribution in [0.4, 0.5) is 0 Å². The molecule has 182 valence electrons. The largest absolute Gasteiger partial charge is 0.419 e. The lowest BCUT2D eigenvalue weighted by atomic mass is 9.80. The lowest BCUT2D eigenvalue weighted by molar-refractivity contribution is -0.122. The number of oxazole rings is 1. The summed E-state index contributed by atoms with van der Waals surface area (Å²) < 4.78 is 33.8. The number of nitrogens with one attached hydrogen (secondary N) is 1. The maximum absolute atomic E-state index is 12.8. The predicted octanol–water partition coefficient (Wildman–Crippen LogP) is 2.15. The summed E-state index contributed by atoms with van der Waals surface area (Å²) in [6.45, 7) is 1.79. The Morgan fingerprint density at radius 1 is 1.12 bits per heavy atom. The van der Waals surface area contributed by atoms with Gasteiger partial charge in [-0.05, 0) is 51.9 Å². The average Bonchev–Trinajstić information content (AvgIpc) is 3.44. The molecule has 0 radical (unpaired) electrons. The average molecular weight is 479 g/mol. The van der Waals surface area contributed by atoms with Crippen molar-refractivity contribution in [1.29, 1.82) is 0 Å². The van der Waals surface area contributed by atoms with E-state index in [4.69, 9.17) is 4.42 Å². The van der Waals surface area contributed by atoms with Crippen molar-refractivity contribution in [2.45, 2.75) is 68.3 Å². The Bertz CT molecular complexity index is 1160. The molecular weight excluding hydrogens is 444 g/mol. The molecule has 2 fully saturated rings. The van der Waals surface area contributed by atoms with E-state index in [1.807, 2.05) is 0 Å². The van der Waals surface area contributed by atoms with E-state index in [9.17, 15) is 18.0 Å². The third kappa shape index (κ3) is 4.88. The smallest absolute Gasteiger partial charge is 0.408 e. The van der Waals surface area contributed by atoms with Gasteiger partial charge in [0.05, 0.1) is 10.4 Å². The number of hydrogen-bond donors (Lipinski definition) is 1. The molecule has 4 rings (SSSR count). The van der Waals surface area contributed by atoms with E-state index in [1.165, 1.54) is 40.3 Å². The van der Waals surface area contributed by atoms with E-state index in [0.29, 0.717) is 25.2 Å². The Balaban J connectivity index is 1.43. The lowest BCUT2D eigenvalue weighted by Crippen LogP contribution is -2.53. The van der Waals surface area contributed by atoms with Crippen LogP contribution in [0.25, 0.3) is 11.1 Å². The van der Waals surface area contributed by atoms with Gasteiger partial charge in [0, 0.05) is 44.2 Å². The number of aromatic nitrogens is 1. The van der Waals surface area contributed by atoms with E-state index in [0.717, 1.165) is 25.7 Å². The first-order valence-corrected chi connectivity index (χ1v) is 13.2. The van der Waals surface area contributed by atoms with Gasteiger partial charge in [0.25, 0.3) is 0 Å². The molecule has 0 unspecified atom stereocenters. The van der Waals surface area contributed by atoms with E-state index < -0.39 is 15.8 Å². The van der Waals surface area contributed by atoms with Crippen LogP contribution in [0.3, 0.4) is 0 Å². The molecule has 2 aliphatic rings. The highest BCUT2D eigenvalue weighted by Gasteiger charge is 2.34. The van der Waals surface area contributed by atoms with Crippen molar-refractivity contribution in [1.82, 2.24) is 19.1 Å². The fraction of sp³-hybridized carbons (Fsp3) is 0.652. The fourth-order valence-electron chi connectivity index (χ4n) is 5.05. The zero-order chi connectivity index (χ0) is 23.6. The third-order valence-electron chi connectivity index (χ3n) is 7.25. The second-order valence-corrected chi connectivity index (χ2v) is 11.4. The predicted molar refractivity (Wildman–Crippen MR) is 126 cm³/mol. The van der Waals surface area contributed by atoms with Gasteiger partial charge < -0.3 is 14.6 Å². The lowest BCUT2D eigenvalue weighted by Gasteiger charge is -2.43. The summed E-state index contributed by atoms with van der Waals surface area (Å²) in [5.74, 6) is -0.707. The number of sulfonamides is 1. The normalized spacial score (nSPS) is 19.4. The van der Waals surface area contributed by atoms with Crippen LogP contribution in [0.5, 0.6) is 0 Å². The molecule has 2 heterocycles. The van der Waals surface area contributed by atoms with Gasteiger partial charge in [-0.25, -0.2) is 13.2 Å². The molecule has 33 heavy (non-hydrogen) atoms. The maximum atomic E-state index is 12.8. The van der Waals surface area contributed by atoms with Crippen molar-refractivity contribution >= 4 is 27.0 Å². The highest BCUT2D eigenvalue weighted by atomic mass is 32.2. The monoisotopic (exact) mass is 478 g/mol. The molecule has 1 aliphatic heterocycles. The van der Waals surface area contributed by atoms with Gasteiger partial charge in [0.1, 0.15) is 0 Å². The Labute approximate surface area is 194 Å². The van der Waals surface area contributed by atoms with Crippen molar-refractivity contribution in [2.75, 3.05) is 33.7 Å². The number of likely N-dealkylation sites (N-methyl/N-ethyl adjacent to an activating group) is 1. The summed E-state index contributed by atoms with van der Waals surface area (Å²) in [5.41, 5.74) is 0.698. The second-order valence-electron chi connectivity index (χ2n) is 9.47. The minimum Gasteiger partial charge on any atom is -0.408 e. The van der Waals surface area contributed by atoms with Crippen molar-refractivity contribution in [3.8, 4) is 0 Å². The standard InChI is InChI=1S/C23H34N4O5S/c1-25(2)23(11-4-3-5-12-23)17-24-21(28)10-15-27-19-9-8-18(16-20(19)32-22(27)29)33(30,31)26-13-6-7-14-26/h8-9,16H,3-7,10-15,17H2,1-2H3,(H,24,28). The molecule has 2 aromatic rings. The molecule has 1 amide bonds. The number of aryl methyl sites for hydroxylation is 1. The van der Waals surface area contributed by atoms with E-state index in [1.54, 1.807) is 6.07 Å². The molecule has 1 saturated heterocycles. The van der Waals surface area contributed by atoms with Gasteiger partial charge in [-0.15, -0.1) is 0 Å². The maximum Gasteiger partial charge on any atom is 0.419 e. The number of benzene rings is 1. The van der Waals surface area contributed by atoms with Crippen LogP contribution in [0.2, 0.25) is 0 Å². The van der Waals surface area contributed by atoms with Crippen molar-refractivity contribution in [3.05, 3.63) is 28.7 Å². The highest BCUT2D eigenvalue weighted by Crippen LogP contribution is 2.31. The second kappa shape index (κ2) is 9.60. The first-order chi connectivity index (χ1) is 15.7.